The molecule has 0 bridgehead atoms. The SMILES string of the molecule is Cc1nccc(N=[N+]=[N-])c1C(=O)O. The molecule has 0 unspecified atom stereocenters. The first-order valence-electron chi connectivity index (χ1n) is 3.41. The van der Waals surface area contributed by atoms with Gasteiger partial charge < -0.3 is 5.11 Å². The van der Waals surface area contributed by atoms with E-state index in [1.165, 1.54) is 12.3 Å². The van der Waals surface area contributed by atoms with Crippen molar-refractivity contribution in [1.29, 1.82) is 0 Å². The molecule has 0 atom stereocenters. The molecule has 66 valence electrons. The first-order chi connectivity index (χ1) is 6.16. The molecule has 0 amide bonds. The fourth-order valence-electron chi connectivity index (χ4n) is 0.949. The molecule has 1 N–H and O–H groups in total. The van der Waals surface area contributed by atoms with Crippen LogP contribution in [-0.2, 0) is 0 Å². The normalized spacial score (nSPS) is 9.00. The molecule has 6 heteroatoms. The molecule has 0 aliphatic carbocycles. The molecule has 6 nitrogen and oxygen atoms in total. The van der Waals surface area contributed by atoms with Crippen LogP contribution in [0.2, 0.25) is 0 Å². The summed E-state index contributed by atoms with van der Waals surface area (Å²) in [6.45, 7) is 1.54. The Bertz CT molecular complexity index is 395. The van der Waals surface area contributed by atoms with Crippen LogP contribution in [0.4, 0.5) is 5.69 Å². The highest BCUT2D eigenvalue weighted by atomic mass is 16.4. The van der Waals surface area contributed by atoms with Gasteiger partial charge >= 0.3 is 5.97 Å². The number of azide groups is 1. The monoisotopic (exact) mass is 178 g/mol. The van der Waals surface area contributed by atoms with Crippen LogP contribution < -0.4 is 0 Å². The summed E-state index contributed by atoms with van der Waals surface area (Å²) in [6, 6.07) is 1.36. The molecule has 0 saturated carbocycles. The molecule has 0 spiro atoms. The second-order valence-corrected chi connectivity index (χ2v) is 2.29. The Morgan fingerprint density at radius 3 is 3.00 bits per heavy atom. The molecule has 1 aromatic heterocycles. The van der Waals surface area contributed by atoms with E-state index in [-0.39, 0.29) is 11.3 Å². The Morgan fingerprint density at radius 2 is 2.46 bits per heavy atom. The molecular formula is C7H6N4O2. The van der Waals surface area contributed by atoms with Crippen LogP contribution in [0.3, 0.4) is 0 Å². The Balaban J connectivity index is 3.42. The van der Waals surface area contributed by atoms with Crippen LogP contribution in [0, 0.1) is 6.92 Å². The van der Waals surface area contributed by atoms with Gasteiger partial charge in [0.2, 0.25) is 0 Å². The third-order valence-corrected chi connectivity index (χ3v) is 1.48. The summed E-state index contributed by atoms with van der Waals surface area (Å²) in [5, 5.41) is 12.0. The molecular weight excluding hydrogens is 172 g/mol. The lowest BCUT2D eigenvalue weighted by atomic mass is 10.2. The Morgan fingerprint density at radius 1 is 1.77 bits per heavy atom. The number of aromatic nitrogens is 1. The highest BCUT2D eigenvalue weighted by Crippen LogP contribution is 2.20. The highest BCUT2D eigenvalue weighted by molar-refractivity contribution is 5.94. The van der Waals surface area contributed by atoms with Crippen molar-refractivity contribution < 1.29 is 9.90 Å². The van der Waals surface area contributed by atoms with Crippen molar-refractivity contribution in [1.82, 2.24) is 4.98 Å². The minimum Gasteiger partial charge on any atom is -0.478 e. The van der Waals surface area contributed by atoms with Crippen LogP contribution >= 0.6 is 0 Å². The summed E-state index contributed by atoms with van der Waals surface area (Å²) >= 11 is 0. The predicted octanol–water partition coefficient (Wildman–Crippen LogP) is 2.03. The molecule has 0 aliphatic heterocycles. The minimum atomic E-state index is -1.15. The van der Waals surface area contributed by atoms with E-state index in [9.17, 15) is 4.79 Å². The summed E-state index contributed by atoms with van der Waals surface area (Å²) in [7, 11) is 0. The zero-order valence-corrected chi connectivity index (χ0v) is 6.80. The van der Waals surface area contributed by atoms with E-state index in [1.54, 1.807) is 6.92 Å². The number of aromatic carboxylic acids is 1. The summed E-state index contributed by atoms with van der Waals surface area (Å²) in [4.78, 5) is 17.0. The average molecular weight is 178 g/mol. The lowest BCUT2D eigenvalue weighted by Gasteiger charge is -2.01. The van der Waals surface area contributed by atoms with Gasteiger partial charge in [-0.15, -0.1) is 0 Å². The highest BCUT2D eigenvalue weighted by Gasteiger charge is 2.12. The molecule has 1 aromatic rings. The summed E-state index contributed by atoms with van der Waals surface area (Å²) in [6.07, 6.45) is 1.39. The minimum absolute atomic E-state index is 0.0553. The molecule has 1 heterocycles. The summed E-state index contributed by atoms with van der Waals surface area (Å²) in [5.41, 5.74) is 8.52. The van der Waals surface area contributed by atoms with E-state index in [0.29, 0.717) is 5.69 Å². The van der Waals surface area contributed by atoms with Gasteiger partial charge in [-0.2, -0.15) is 0 Å². The Labute approximate surface area is 73.5 Å². The van der Waals surface area contributed by atoms with Gasteiger partial charge in [-0.05, 0) is 18.5 Å². The second kappa shape index (κ2) is 3.55. The topological polar surface area (TPSA) is 99.0 Å². The molecule has 0 fully saturated rings. The van der Waals surface area contributed by atoms with E-state index in [1.807, 2.05) is 0 Å². The largest absolute Gasteiger partial charge is 0.478 e. The molecule has 1 rings (SSSR count). The number of hydrogen-bond acceptors (Lipinski definition) is 3. The zero-order valence-electron chi connectivity index (χ0n) is 6.80. The van der Waals surface area contributed by atoms with Crippen molar-refractivity contribution in [2.24, 2.45) is 5.11 Å². The van der Waals surface area contributed by atoms with E-state index >= 15 is 0 Å². The molecule has 0 aliphatic rings. The van der Waals surface area contributed by atoms with Gasteiger partial charge in [0.25, 0.3) is 0 Å². The van der Waals surface area contributed by atoms with E-state index in [2.05, 4.69) is 15.0 Å². The van der Waals surface area contributed by atoms with Gasteiger partial charge in [0.1, 0.15) is 0 Å². The lowest BCUT2D eigenvalue weighted by Crippen LogP contribution is -2.01. The van der Waals surface area contributed by atoms with Crippen molar-refractivity contribution in [3.8, 4) is 0 Å². The van der Waals surface area contributed by atoms with E-state index in [0.717, 1.165) is 0 Å². The van der Waals surface area contributed by atoms with Gasteiger partial charge in [-0.1, -0.05) is 5.11 Å². The maximum atomic E-state index is 10.7. The third-order valence-electron chi connectivity index (χ3n) is 1.48. The van der Waals surface area contributed by atoms with Gasteiger partial charge in [0.05, 0.1) is 16.9 Å². The first kappa shape index (κ1) is 9.02. The number of carbonyl (C=O) groups is 1. The van der Waals surface area contributed by atoms with Crippen LogP contribution in [0.25, 0.3) is 10.4 Å². The third kappa shape index (κ3) is 1.74. The number of hydrogen-bond donors (Lipinski definition) is 1. The standard InChI is InChI=1S/C7H6N4O2/c1-4-6(7(12)13)5(10-11-8)2-3-9-4/h2-3H,1H3,(H,12,13). The van der Waals surface area contributed by atoms with Crippen LogP contribution in [-0.4, -0.2) is 16.1 Å². The van der Waals surface area contributed by atoms with Gasteiger partial charge in [0.15, 0.2) is 0 Å². The smallest absolute Gasteiger partial charge is 0.338 e. The zero-order chi connectivity index (χ0) is 9.84. The van der Waals surface area contributed by atoms with Crippen molar-refractivity contribution >= 4 is 11.7 Å². The predicted molar refractivity (Wildman–Crippen MR) is 44.7 cm³/mol. The number of nitrogens with zero attached hydrogens (tertiary/aromatic N) is 4. The molecule has 0 saturated heterocycles. The number of aryl methyl sites for hydroxylation is 1. The second-order valence-electron chi connectivity index (χ2n) is 2.29. The fraction of sp³-hybridized carbons (Fsp3) is 0.143. The molecule has 0 aromatic carbocycles. The molecule has 13 heavy (non-hydrogen) atoms. The van der Waals surface area contributed by atoms with Crippen LogP contribution in [0.5, 0.6) is 0 Å². The number of pyridine rings is 1. The fourth-order valence-corrected chi connectivity index (χ4v) is 0.949. The van der Waals surface area contributed by atoms with E-state index in [4.69, 9.17) is 10.6 Å². The Hall–Kier alpha value is -2.07. The van der Waals surface area contributed by atoms with Crippen LogP contribution in [0.1, 0.15) is 16.1 Å². The quantitative estimate of drug-likeness (QED) is 0.426. The number of carboxylic acids is 1. The van der Waals surface area contributed by atoms with Crippen LogP contribution in [0.15, 0.2) is 17.4 Å². The molecule has 0 radical (unpaired) electrons. The summed E-state index contributed by atoms with van der Waals surface area (Å²) < 4.78 is 0. The van der Waals surface area contributed by atoms with Crippen molar-refractivity contribution in [2.75, 3.05) is 0 Å². The average Bonchev–Trinajstić information content (AvgIpc) is 2.04. The van der Waals surface area contributed by atoms with Gasteiger partial charge in [-0.3, -0.25) is 4.98 Å². The number of rotatable bonds is 2. The lowest BCUT2D eigenvalue weighted by molar-refractivity contribution is 0.0696. The van der Waals surface area contributed by atoms with Crippen molar-refractivity contribution in [3.05, 3.63) is 34.0 Å². The summed E-state index contributed by atoms with van der Waals surface area (Å²) in [5.74, 6) is -1.15. The van der Waals surface area contributed by atoms with Gasteiger partial charge in [0, 0.05) is 11.1 Å². The van der Waals surface area contributed by atoms with Crippen molar-refractivity contribution in [3.63, 3.8) is 0 Å². The van der Waals surface area contributed by atoms with Gasteiger partial charge in [-0.25, -0.2) is 4.79 Å². The first-order valence-corrected chi connectivity index (χ1v) is 3.41. The maximum absolute atomic E-state index is 10.7. The Kier molecular flexibility index (Phi) is 2.47. The maximum Gasteiger partial charge on any atom is 0.338 e. The van der Waals surface area contributed by atoms with E-state index < -0.39 is 5.97 Å². The van der Waals surface area contributed by atoms with Crippen molar-refractivity contribution in [2.45, 2.75) is 6.92 Å². The number of carboxylic acid groups (broad SMARTS) is 1.